The molecule has 0 amide bonds. The Labute approximate surface area is 248 Å². The molecule has 0 saturated heterocycles. The lowest BCUT2D eigenvalue weighted by Crippen LogP contribution is -2.39. The first kappa shape index (κ1) is 33.4. The predicted octanol–water partition coefficient (Wildman–Crippen LogP) is 5.84. The van der Waals surface area contributed by atoms with Crippen LogP contribution in [0.15, 0.2) is 60.7 Å². The number of hydrogen-bond acceptors (Lipinski definition) is 6. The highest BCUT2D eigenvalue weighted by atomic mass is 19.4. The largest absolute Gasteiger partial charge is 0.491 e. The molecule has 1 aliphatic rings. The summed E-state index contributed by atoms with van der Waals surface area (Å²) in [6, 6.07) is 19.2. The highest BCUT2D eigenvalue weighted by Crippen LogP contribution is 2.32. The lowest BCUT2D eigenvalue weighted by atomic mass is 9.96. The van der Waals surface area contributed by atoms with Crippen LogP contribution < -0.4 is 14.8 Å². The molecule has 0 bridgehead atoms. The molecule has 11 heteroatoms. The Morgan fingerprint density at radius 2 is 1.67 bits per heavy atom. The van der Waals surface area contributed by atoms with Gasteiger partial charge in [0.2, 0.25) is 0 Å². The first-order valence-electron chi connectivity index (χ1n) is 13.8. The number of ether oxygens (including phenoxy) is 2. The summed E-state index contributed by atoms with van der Waals surface area (Å²) in [6.45, 7) is 7.63. The summed E-state index contributed by atoms with van der Waals surface area (Å²) in [6.07, 6.45) is -3.87. The number of nitrogens with one attached hydrogen (secondary N) is 1. The van der Waals surface area contributed by atoms with Crippen LogP contribution in [0.4, 0.5) is 13.2 Å². The van der Waals surface area contributed by atoms with Crippen LogP contribution >= 0.6 is 0 Å². The second kappa shape index (κ2) is 14.9. The third-order valence-corrected chi connectivity index (χ3v) is 6.77. The number of aryl methyl sites for hydroxylation is 2. The Morgan fingerprint density at radius 1 is 1.02 bits per heavy atom. The molecule has 43 heavy (non-hydrogen) atoms. The molecule has 0 spiro atoms. The molecule has 3 aromatic carbocycles. The first-order valence-corrected chi connectivity index (χ1v) is 13.8. The normalized spacial score (nSPS) is 15.0. The topological polar surface area (TPSA) is 125 Å². The van der Waals surface area contributed by atoms with Gasteiger partial charge in [0.15, 0.2) is 0 Å². The van der Waals surface area contributed by atoms with Crippen molar-refractivity contribution in [3.63, 3.8) is 0 Å². The quantitative estimate of drug-likeness (QED) is 0.228. The Balaban J connectivity index is 0.000000646. The van der Waals surface area contributed by atoms with Crippen LogP contribution in [0.2, 0.25) is 0 Å². The van der Waals surface area contributed by atoms with Gasteiger partial charge in [-0.1, -0.05) is 44.2 Å². The van der Waals surface area contributed by atoms with Crippen molar-refractivity contribution in [2.24, 2.45) is 0 Å². The summed E-state index contributed by atoms with van der Waals surface area (Å²) in [5, 5.41) is 30.0. The number of aromatic carboxylic acids is 1. The van der Waals surface area contributed by atoms with E-state index in [0.29, 0.717) is 19.0 Å². The van der Waals surface area contributed by atoms with Gasteiger partial charge in [0.25, 0.3) is 0 Å². The second-order valence-corrected chi connectivity index (χ2v) is 10.6. The lowest BCUT2D eigenvalue weighted by Gasteiger charge is -2.27. The summed E-state index contributed by atoms with van der Waals surface area (Å²) in [5.41, 5.74) is 5.74. The number of halogens is 3. The number of carbonyl (C=O) groups is 2. The first-order chi connectivity index (χ1) is 20.2. The van der Waals surface area contributed by atoms with Crippen LogP contribution in [-0.2, 0) is 11.2 Å². The van der Waals surface area contributed by atoms with Crippen LogP contribution in [0, 0.1) is 6.92 Å². The molecule has 4 N–H and O–H groups in total. The van der Waals surface area contributed by atoms with Gasteiger partial charge in [-0.3, -0.25) is 0 Å². The minimum absolute atomic E-state index is 0.0376. The molecule has 0 radical (unpaired) electrons. The summed E-state index contributed by atoms with van der Waals surface area (Å²) in [4.78, 5) is 20.0. The number of aliphatic hydroxyl groups excluding tert-OH is 1. The zero-order valence-electron chi connectivity index (χ0n) is 24.1. The van der Waals surface area contributed by atoms with Gasteiger partial charge in [0.1, 0.15) is 30.3 Å². The van der Waals surface area contributed by atoms with E-state index in [1.54, 1.807) is 12.1 Å². The molecular weight excluding hydrogens is 567 g/mol. The summed E-state index contributed by atoms with van der Waals surface area (Å²) in [5.74, 6) is -1.60. The van der Waals surface area contributed by atoms with Gasteiger partial charge in [-0.15, -0.1) is 0 Å². The standard InChI is InChI=1S/C30H35NO5.C2HF3O2/c1-19(2)27-12-4-20(3)14-29(27)35-18-25(32)16-31-17-26-11-9-24-15-23(10-13-28(24)36-26)21-5-7-22(8-6-21)30(33)34;3-2(4,5)1(6)7/h4-8,10,12-15,19,25-26,31-32H,9,11,16-18H2,1-3H3,(H,33,34);(H,6,7)/t25-,26-;/m1./s1. The SMILES string of the molecule is Cc1ccc(C(C)C)c(OC[C@H](O)CNC[C@H]2CCc3cc(-c4ccc(C(=O)O)cc4)ccc3O2)c1.O=C(O)C(F)(F)F. The van der Waals surface area contributed by atoms with E-state index < -0.39 is 24.2 Å². The molecule has 0 aromatic heterocycles. The van der Waals surface area contributed by atoms with Crippen LogP contribution in [0.25, 0.3) is 11.1 Å². The van der Waals surface area contributed by atoms with Crippen molar-refractivity contribution in [2.45, 2.75) is 57.9 Å². The number of rotatable bonds is 10. The number of hydrogen-bond donors (Lipinski definition) is 4. The number of fused-ring (bicyclic) bond motifs is 1. The summed E-state index contributed by atoms with van der Waals surface area (Å²) < 4.78 is 43.9. The average molecular weight is 604 g/mol. The number of carboxylic acid groups (broad SMARTS) is 2. The van der Waals surface area contributed by atoms with Gasteiger partial charge in [-0.05, 0) is 83.8 Å². The number of carboxylic acids is 2. The van der Waals surface area contributed by atoms with E-state index in [2.05, 4.69) is 37.4 Å². The molecule has 0 fully saturated rings. The Bertz CT molecular complexity index is 1390. The minimum atomic E-state index is -5.08. The van der Waals surface area contributed by atoms with Crippen molar-refractivity contribution in [2.75, 3.05) is 19.7 Å². The van der Waals surface area contributed by atoms with Gasteiger partial charge in [0, 0.05) is 13.1 Å². The number of alkyl halides is 3. The van der Waals surface area contributed by atoms with Gasteiger partial charge in [-0.25, -0.2) is 9.59 Å². The fourth-order valence-electron chi connectivity index (χ4n) is 4.47. The van der Waals surface area contributed by atoms with Crippen LogP contribution in [0.5, 0.6) is 11.5 Å². The van der Waals surface area contributed by atoms with E-state index in [1.165, 1.54) is 0 Å². The minimum Gasteiger partial charge on any atom is -0.491 e. The highest BCUT2D eigenvalue weighted by molar-refractivity contribution is 5.88. The maximum Gasteiger partial charge on any atom is 0.490 e. The Kier molecular flexibility index (Phi) is 11.6. The highest BCUT2D eigenvalue weighted by Gasteiger charge is 2.38. The third kappa shape index (κ3) is 10.0. The van der Waals surface area contributed by atoms with E-state index in [4.69, 9.17) is 24.5 Å². The fraction of sp³-hybridized carbons (Fsp3) is 0.375. The molecule has 232 valence electrons. The van der Waals surface area contributed by atoms with E-state index in [1.807, 2.05) is 37.3 Å². The molecule has 0 saturated carbocycles. The fourth-order valence-corrected chi connectivity index (χ4v) is 4.47. The molecule has 3 aromatic rings. The smallest absolute Gasteiger partial charge is 0.490 e. The Hall–Kier alpha value is -4.09. The maximum absolute atomic E-state index is 11.1. The monoisotopic (exact) mass is 603 g/mol. The van der Waals surface area contributed by atoms with Gasteiger partial charge in [0.05, 0.1) is 5.56 Å². The predicted molar refractivity (Wildman–Crippen MR) is 155 cm³/mol. The molecule has 0 aliphatic carbocycles. The van der Waals surface area contributed by atoms with Gasteiger partial charge < -0.3 is 30.1 Å². The molecular formula is C32H36F3NO7. The van der Waals surface area contributed by atoms with E-state index in [-0.39, 0.29) is 18.3 Å². The van der Waals surface area contributed by atoms with Crippen molar-refractivity contribution < 1.29 is 47.6 Å². The molecule has 8 nitrogen and oxygen atoms in total. The van der Waals surface area contributed by atoms with Gasteiger partial charge in [-0.2, -0.15) is 13.2 Å². The van der Waals surface area contributed by atoms with Crippen molar-refractivity contribution in [1.82, 2.24) is 5.32 Å². The van der Waals surface area contributed by atoms with Crippen molar-refractivity contribution >= 4 is 11.9 Å². The zero-order chi connectivity index (χ0) is 31.7. The summed E-state index contributed by atoms with van der Waals surface area (Å²) >= 11 is 0. The molecule has 1 heterocycles. The number of benzene rings is 3. The van der Waals surface area contributed by atoms with Crippen LogP contribution in [0.1, 0.15) is 53.2 Å². The van der Waals surface area contributed by atoms with Crippen LogP contribution in [0.3, 0.4) is 0 Å². The maximum atomic E-state index is 11.1. The van der Waals surface area contributed by atoms with E-state index >= 15 is 0 Å². The van der Waals surface area contributed by atoms with E-state index in [9.17, 15) is 23.1 Å². The Morgan fingerprint density at radius 3 is 2.28 bits per heavy atom. The van der Waals surface area contributed by atoms with Gasteiger partial charge >= 0.3 is 18.1 Å². The zero-order valence-corrected chi connectivity index (χ0v) is 24.1. The third-order valence-electron chi connectivity index (χ3n) is 6.77. The summed E-state index contributed by atoms with van der Waals surface area (Å²) in [7, 11) is 0. The average Bonchev–Trinajstić information content (AvgIpc) is 2.95. The molecule has 4 rings (SSSR count). The van der Waals surface area contributed by atoms with Crippen molar-refractivity contribution in [1.29, 1.82) is 0 Å². The number of aliphatic carboxylic acids is 1. The van der Waals surface area contributed by atoms with Crippen molar-refractivity contribution in [3.8, 4) is 22.6 Å². The van der Waals surface area contributed by atoms with E-state index in [0.717, 1.165) is 52.2 Å². The second-order valence-electron chi connectivity index (χ2n) is 10.6. The number of aliphatic hydroxyl groups is 1. The van der Waals surface area contributed by atoms with Crippen LogP contribution in [-0.4, -0.2) is 65.3 Å². The molecule has 0 unspecified atom stereocenters. The molecule has 2 atom stereocenters. The lowest BCUT2D eigenvalue weighted by molar-refractivity contribution is -0.192. The van der Waals surface area contributed by atoms with Crippen molar-refractivity contribution in [3.05, 3.63) is 82.9 Å². The molecule has 1 aliphatic heterocycles.